The zero-order valence-corrected chi connectivity index (χ0v) is 10.5. The van der Waals surface area contributed by atoms with Crippen molar-refractivity contribution in [2.75, 3.05) is 23.9 Å². The number of carbonyl (C=O) groups excluding carboxylic acids is 1. The highest BCUT2D eigenvalue weighted by Gasteiger charge is 2.24. The van der Waals surface area contributed by atoms with Crippen LogP contribution in [-0.2, 0) is 4.79 Å². The van der Waals surface area contributed by atoms with Crippen molar-refractivity contribution in [2.45, 2.75) is 0 Å². The summed E-state index contributed by atoms with van der Waals surface area (Å²) in [6.07, 6.45) is 0. The third-order valence-corrected chi connectivity index (χ3v) is 3.35. The molecule has 1 heterocycles. The van der Waals surface area contributed by atoms with E-state index in [1.807, 2.05) is 36.4 Å². The molecule has 0 radical (unpaired) electrons. The van der Waals surface area contributed by atoms with E-state index < -0.39 is 0 Å². The molecule has 0 bridgehead atoms. The summed E-state index contributed by atoms with van der Waals surface area (Å²) in [5, 5.41) is 2.11. The van der Waals surface area contributed by atoms with Crippen LogP contribution in [0.25, 0.3) is 10.8 Å². The summed E-state index contributed by atoms with van der Waals surface area (Å²) in [6.45, 7) is 1.06. The summed E-state index contributed by atoms with van der Waals surface area (Å²) in [7, 11) is 0. The summed E-state index contributed by atoms with van der Waals surface area (Å²) in [6, 6.07) is 11.9. The molecule has 0 saturated carbocycles. The van der Waals surface area contributed by atoms with E-state index in [-0.39, 0.29) is 11.8 Å². The highest BCUT2D eigenvalue weighted by molar-refractivity contribution is 6.30. The van der Waals surface area contributed by atoms with Crippen molar-refractivity contribution in [1.82, 2.24) is 0 Å². The Morgan fingerprint density at radius 3 is 2.94 bits per heavy atom. The van der Waals surface area contributed by atoms with Crippen LogP contribution in [0.1, 0.15) is 0 Å². The van der Waals surface area contributed by atoms with E-state index in [1.54, 1.807) is 4.90 Å². The molecule has 0 fully saturated rings. The fourth-order valence-corrected chi connectivity index (χ4v) is 2.45. The SMILES string of the molecule is O=C(CCl)N1CCOc2ccc3ccccc3c21. The van der Waals surface area contributed by atoms with Crippen LogP contribution in [0.5, 0.6) is 5.75 Å². The number of hydrogen-bond acceptors (Lipinski definition) is 2. The van der Waals surface area contributed by atoms with Gasteiger partial charge >= 0.3 is 0 Å². The Morgan fingerprint density at radius 1 is 1.28 bits per heavy atom. The van der Waals surface area contributed by atoms with Gasteiger partial charge in [-0.15, -0.1) is 11.6 Å². The van der Waals surface area contributed by atoms with Crippen LogP contribution in [0.3, 0.4) is 0 Å². The maximum Gasteiger partial charge on any atom is 0.242 e. The first-order chi connectivity index (χ1) is 8.81. The van der Waals surface area contributed by atoms with Crippen LogP contribution in [0, 0.1) is 0 Å². The van der Waals surface area contributed by atoms with Crippen LogP contribution in [0.2, 0.25) is 0 Å². The minimum Gasteiger partial charge on any atom is -0.490 e. The number of carbonyl (C=O) groups is 1. The van der Waals surface area contributed by atoms with Crippen molar-refractivity contribution >= 4 is 34.0 Å². The molecule has 0 N–H and O–H groups in total. The number of amides is 1. The molecular weight excluding hydrogens is 250 g/mol. The molecule has 1 amide bonds. The van der Waals surface area contributed by atoms with E-state index in [9.17, 15) is 4.79 Å². The second-order valence-electron chi connectivity index (χ2n) is 4.16. The lowest BCUT2D eigenvalue weighted by atomic mass is 10.1. The number of hydrogen-bond donors (Lipinski definition) is 0. The molecule has 0 aliphatic carbocycles. The Hall–Kier alpha value is -1.74. The molecule has 0 aromatic heterocycles. The lowest BCUT2D eigenvalue weighted by molar-refractivity contribution is -0.116. The Kier molecular flexibility index (Phi) is 2.84. The quantitative estimate of drug-likeness (QED) is 0.739. The first-order valence-corrected chi connectivity index (χ1v) is 6.35. The van der Waals surface area contributed by atoms with Gasteiger partial charge in [0.25, 0.3) is 0 Å². The molecule has 3 nitrogen and oxygen atoms in total. The number of ether oxygens (including phenoxy) is 1. The summed E-state index contributed by atoms with van der Waals surface area (Å²) in [5.41, 5.74) is 0.838. The van der Waals surface area contributed by atoms with Gasteiger partial charge in [0, 0.05) is 5.39 Å². The lowest BCUT2D eigenvalue weighted by Gasteiger charge is -2.30. The highest BCUT2D eigenvalue weighted by atomic mass is 35.5. The van der Waals surface area contributed by atoms with Crippen LogP contribution >= 0.6 is 11.6 Å². The second kappa shape index (κ2) is 4.50. The van der Waals surface area contributed by atoms with Crippen LogP contribution in [0.15, 0.2) is 36.4 Å². The zero-order valence-electron chi connectivity index (χ0n) is 9.73. The van der Waals surface area contributed by atoms with Crippen LogP contribution in [0.4, 0.5) is 5.69 Å². The van der Waals surface area contributed by atoms with Crippen LogP contribution < -0.4 is 9.64 Å². The number of fused-ring (bicyclic) bond motifs is 3. The summed E-state index contributed by atoms with van der Waals surface area (Å²) >= 11 is 5.67. The summed E-state index contributed by atoms with van der Waals surface area (Å²) < 4.78 is 5.62. The molecule has 1 aliphatic heterocycles. The molecule has 4 heteroatoms. The van der Waals surface area contributed by atoms with E-state index in [2.05, 4.69) is 0 Å². The topological polar surface area (TPSA) is 29.5 Å². The smallest absolute Gasteiger partial charge is 0.242 e. The minimum absolute atomic E-state index is 0.0112. The van der Waals surface area contributed by atoms with Gasteiger partial charge < -0.3 is 9.64 Å². The van der Waals surface area contributed by atoms with Crippen molar-refractivity contribution in [3.8, 4) is 5.75 Å². The Bertz CT molecular complexity index is 612. The van der Waals surface area contributed by atoms with Gasteiger partial charge in [-0.05, 0) is 11.5 Å². The Labute approximate surface area is 110 Å². The predicted molar refractivity (Wildman–Crippen MR) is 72.5 cm³/mol. The average Bonchev–Trinajstić information content (AvgIpc) is 2.45. The van der Waals surface area contributed by atoms with Crippen LogP contribution in [-0.4, -0.2) is 24.9 Å². The molecule has 2 aromatic carbocycles. The maximum absolute atomic E-state index is 11.9. The number of benzene rings is 2. The molecule has 1 aliphatic rings. The monoisotopic (exact) mass is 261 g/mol. The molecule has 0 atom stereocenters. The van der Waals surface area contributed by atoms with Crippen molar-refractivity contribution in [3.63, 3.8) is 0 Å². The first-order valence-electron chi connectivity index (χ1n) is 5.82. The van der Waals surface area contributed by atoms with E-state index in [0.29, 0.717) is 13.2 Å². The van der Waals surface area contributed by atoms with Crippen molar-refractivity contribution in [1.29, 1.82) is 0 Å². The molecule has 0 unspecified atom stereocenters. The van der Waals surface area contributed by atoms with Gasteiger partial charge in [-0.2, -0.15) is 0 Å². The van der Waals surface area contributed by atoms with Crippen molar-refractivity contribution in [3.05, 3.63) is 36.4 Å². The molecule has 92 valence electrons. The molecule has 0 spiro atoms. The van der Waals surface area contributed by atoms with Crippen molar-refractivity contribution < 1.29 is 9.53 Å². The minimum atomic E-state index is -0.0856. The Balaban J connectivity index is 2.25. The third kappa shape index (κ3) is 1.71. The van der Waals surface area contributed by atoms with Gasteiger partial charge in [-0.1, -0.05) is 30.3 Å². The number of anilines is 1. The van der Waals surface area contributed by atoms with Gasteiger partial charge in [0.2, 0.25) is 5.91 Å². The van der Waals surface area contributed by atoms with E-state index in [4.69, 9.17) is 16.3 Å². The normalized spacial score (nSPS) is 14.2. The van der Waals surface area contributed by atoms with Gasteiger partial charge in [0.15, 0.2) is 0 Å². The van der Waals surface area contributed by atoms with Gasteiger partial charge in [-0.3, -0.25) is 4.79 Å². The molecular formula is C14H12ClNO2. The van der Waals surface area contributed by atoms with Crippen molar-refractivity contribution in [2.24, 2.45) is 0 Å². The summed E-state index contributed by atoms with van der Waals surface area (Å²) in [5.74, 6) is 0.652. The second-order valence-corrected chi connectivity index (χ2v) is 4.43. The van der Waals surface area contributed by atoms with E-state index in [1.165, 1.54) is 0 Å². The first kappa shape index (κ1) is 11.4. The molecule has 3 rings (SSSR count). The lowest BCUT2D eigenvalue weighted by Crippen LogP contribution is -2.38. The van der Waals surface area contributed by atoms with E-state index in [0.717, 1.165) is 22.2 Å². The fourth-order valence-electron chi connectivity index (χ4n) is 2.31. The van der Waals surface area contributed by atoms with Gasteiger partial charge in [-0.25, -0.2) is 0 Å². The Morgan fingerprint density at radius 2 is 2.11 bits per heavy atom. The number of halogens is 1. The molecule has 2 aromatic rings. The standard InChI is InChI=1S/C14H12ClNO2/c15-9-13(17)16-7-8-18-12-6-5-10-3-1-2-4-11(10)14(12)16/h1-6H,7-9H2. The summed E-state index contributed by atoms with van der Waals surface area (Å²) in [4.78, 5) is 13.6. The predicted octanol–water partition coefficient (Wildman–Crippen LogP) is 2.80. The molecule has 0 saturated heterocycles. The fraction of sp³-hybridized carbons (Fsp3) is 0.214. The largest absolute Gasteiger partial charge is 0.490 e. The highest BCUT2D eigenvalue weighted by Crippen LogP contribution is 2.38. The van der Waals surface area contributed by atoms with Gasteiger partial charge in [0.1, 0.15) is 18.2 Å². The average molecular weight is 262 g/mol. The number of alkyl halides is 1. The number of rotatable bonds is 1. The molecule has 18 heavy (non-hydrogen) atoms. The zero-order chi connectivity index (χ0) is 12.5. The van der Waals surface area contributed by atoms with Gasteiger partial charge in [0.05, 0.1) is 12.2 Å². The maximum atomic E-state index is 11.9. The number of nitrogens with zero attached hydrogens (tertiary/aromatic N) is 1. The van der Waals surface area contributed by atoms with E-state index >= 15 is 0 Å². The third-order valence-electron chi connectivity index (χ3n) is 3.12.